The second-order valence-electron chi connectivity index (χ2n) is 2.53. The summed E-state index contributed by atoms with van der Waals surface area (Å²) in [6.07, 6.45) is 0. The van der Waals surface area contributed by atoms with Crippen LogP contribution in [0.4, 0.5) is 0 Å². The summed E-state index contributed by atoms with van der Waals surface area (Å²) in [4.78, 5) is 10.8. The molecule has 0 aromatic heterocycles. The van der Waals surface area contributed by atoms with E-state index in [9.17, 15) is 4.79 Å². The number of hydrogen-bond donors (Lipinski definition) is 0. The smallest absolute Gasteiger partial charge is 0.316 e. The molecule has 0 N–H and O–H groups in total. The number of carbonyl (C=O) groups is 1. The van der Waals surface area contributed by atoms with E-state index in [0.717, 1.165) is 11.8 Å². The molecule has 1 aromatic rings. The first-order valence-electron chi connectivity index (χ1n) is 4.19. The molecule has 80 valence electrons. The Hall–Kier alpha value is -1.07. The summed E-state index contributed by atoms with van der Waals surface area (Å²) in [5.74, 6) is 0.515. The molecule has 15 heavy (non-hydrogen) atoms. The van der Waals surface area contributed by atoms with E-state index in [1.807, 2.05) is 18.2 Å². The summed E-state index contributed by atoms with van der Waals surface area (Å²) < 4.78 is 10.1. The van der Waals surface area contributed by atoms with Crippen molar-refractivity contribution in [2.75, 3.05) is 12.9 Å². The Morgan fingerprint density at radius 2 is 2.07 bits per heavy atom. The highest BCUT2D eigenvalue weighted by atomic mass is 32.2. The third kappa shape index (κ3) is 4.80. The third-order valence-corrected chi connectivity index (χ3v) is 2.62. The number of thiocarbonyl (C=S) groups is 1. The highest BCUT2D eigenvalue weighted by Gasteiger charge is 2.05. The second-order valence-corrected chi connectivity index (χ2v) is 4.11. The zero-order valence-corrected chi connectivity index (χ0v) is 9.77. The minimum absolute atomic E-state index is 0.169. The van der Waals surface area contributed by atoms with Gasteiger partial charge in [0.05, 0.1) is 12.9 Å². The highest BCUT2D eigenvalue weighted by molar-refractivity contribution is 8.23. The first kappa shape index (κ1) is 12.0. The summed E-state index contributed by atoms with van der Waals surface area (Å²) in [6.45, 7) is 0. The van der Waals surface area contributed by atoms with Crippen LogP contribution in [0.15, 0.2) is 30.3 Å². The van der Waals surface area contributed by atoms with Gasteiger partial charge in [0.25, 0.3) is 0 Å². The lowest BCUT2D eigenvalue weighted by molar-refractivity contribution is -0.137. The van der Waals surface area contributed by atoms with Crippen molar-refractivity contribution in [2.24, 2.45) is 0 Å². The van der Waals surface area contributed by atoms with E-state index in [1.54, 1.807) is 12.1 Å². The summed E-state index contributed by atoms with van der Waals surface area (Å²) in [7, 11) is 1.34. The van der Waals surface area contributed by atoms with E-state index in [0.29, 0.717) is 10.1 Å². The van der Waals surface area contributed by atoms with Crippen molar-refractivity contribution in [2.45, 2.75) is 0 Å². The Bertz CT molecular complexity index is 338. The Balaban J connectivity index is 2.34. The average molecular weight is 242 g/mol. The lowest BCUT2D eigenvalue weighted by atomic mass is 10.3. The normalized spacial score (nSPS) is 9.40. The Morgan fingerprint density at radius 3 is 2.67 bits per heavy atom. The summed E-state index contributed by atoms with van der Waals surface area (Å²) in [6, 6.07) is 9.18. The van der Waals surface area contributed by atoms with Gasteiger partial charge in [-0.05, 0) is 24.4 Å². The molecule has 0 unspecified atom stereocenters. The molecule has 0 bridgehead atoms. The van der Waals surface area contributed by atoms with E-state index in [1.165, 1.54) is 7.11 Å². The van der Waals surface area contributed by atoms with Gasteiger partial charge in [-0.2, -0.15) is 0 Å². The molecule has 0 saturated carbocycles. The number of ether oxygens (including phenoxy) is 2. The van der Waals surface area contributed by atoms with Gasteiger partial charge in [0.2, 0.25) is 4.38 Å². The maximum absolute atomic E-state index is 10.8. The largest absolute Gasteiger partial charge is 0.468 e. The lowest BCUT2D eigenvalue weighted by Gasteiger charge is -2.04. The summed E-state index contributed by atoms with van der Waals surface area (Å²) >= 11 is 6.07. The van der Waals surface area contributed by atoms with E-state index in [-0.39, 0.29) is 11.7 Å². The standard InChI is InChI=1S/C10H10O3S2/c1-12-9(11)7-15-10(14)13-8-5-3-2-4-6-8/h2-6H,7H2,1H3. The predicted molar refractivity (Wildman–Crippen MR) is 64.1 cm³/mol. The SMILES string of the molecule is COC(=O)CSC(=S)Oc1ccccc1. The quantitative estimate of drug-likeness (QED) is 0.600. The Morgan fingerprint density at radius 1 is 1.40 bits per heavy atom. The number of thioether (sulfide) groups is 1. The van der Waals surface area contributed by atoms with Crippen LogP contribution in [0, 0.1) is 0 Å². The number of methoxy groups -OCH3 is 1. The fraction of sp³-hybridized carbons (Fsp3) is 0.200. The third-order valence-electron chi connectivity index (χ3n) is 1.48. The zero-order valence-electron chi connectivity index (χ0n) is 8.14. The Kier molecular flexibility index (Phi) is 5.14. The van der Waals surface area contributed by atoms with E-state index in [2.05, 4.69) is 4.74 Å². The molecule has 3 nitrogen and oxygen atoms in total. The average Bonchev–Trinajstić information content (AvgIpc) is 2.27. The van der Waals surface area contributed by atoms with Gasteiger partial charge in [-0.15, -0.1) is 0 Å². The maximum atomic E-state index is 10.8. The van der Waals surface area contributed by atoms with E-state index >= 15 is 0 Å². The summed E-state index contributed by atoms with van der Waals surface area (Å²) in [5, 5.41) is 0. The number of para-hydroxylation sites is 1. The topological polar surface area (TPSA) is 35.5 Å². The molecule has 0 amide bonds. The minimum atomic E-state index is -0.320. The van der Waals surface area contributed by atoms with Gasteiger partial charge < -0.3 is 9.47 Å². The van der Waals surface area contributed by atoms with Crippen LogP contribution < -0.4 is 4.74 Å². The predicted octanol–water partition coefficient (Wildman–Crippen LogP) is 2.26. The molecule has 0 spiro atoms. The van der Waals surface area contributed by atoms with Crippen LogP contribution in [0.25, 0.3) is 0 Å². The van der Waals surface area contributed by atoms with Gasteiger partial charge in [0, 0.05) is 0 Å². The van der Waals surface area contributed by atoms with Crippen LogP contribution >= 0.6 is 24.0 Å². The van der Waals surface area contributed by atoms with Crippen LogP contribution in [0.1, 0.15) is 0 Å². The molecule has 0 aliphatic carbocycles. The van der Waals surface area contributed by atoms with Crippen molar-refractivity contribution < 1.29 is 14.3 Å². The molecule has 0 heterocycles. The van der Waals surface area contributed by atoms with Gasteiger partial charge in [-0.1, -0.05) is 30.0 Å². The molecule has 0 radical (unpaired) electrons. The van der Waals surface area contributed by atoms with Crippen molar-refractivity contribution in [1.29, 1.82) is 0 Å². The van der Waals surface area contributed by atoms with Crippen LogP contribution in [0.3, 0.4) is 0 Å². The van der Waals surface area contributed by atoms with Gasteiger partial charge in [0.1, 0.15) is 5.75 Å². The number of benzene rings is 1. The molecular formula is C10H10O3S2. The molecule has 0 saturated heterocycles. The van der Waals surface area contributed by atoms with E-state index in [4.69, 9.17) is 17.0 Å². The first-order chi connectivity index (χ1) is 7.22. The van der Waals surface area contributed by atoms with Gasteiger partial charge in [-0.25, -0.2) is 0 Å². The number of hydrogen-bond acceptors (Lipinski definition) is 5. The van der Waals surface area contributed by atoms with Gasteiger partial charge in [-0.3, -0.25) is 4.79 Å². The monoisotopic (exact) mass is 242 g/mol. The lowest BCUT2D eigenvalue weighted by Crippen LogP contribution is -2.08. The molecule has 5 heteroatoms. The van der Waals surface area contributed by atoms with Gasteiger partial charge in [0.15, 0.2) is 0 Å². The molecule has 1 rings (SSSR count). The van der Waals surface area contributed by atoms with Crippen molar-refractivity contribution in [3.8, 4) is 5.75 Å². The highest BCUT2D eigenvalue weighted by Crippen LogP contribution is 2.14. The fourth-order valence-corrected chi connectivity index (χ4v) is 1.57. The zero-order chi connectivity index (χ0) is 11.1. The summed E-state index contributed by atoms with van der Waals surface area (Å²) in [5.41, 5.74) is 0. The minimum Gasteiger partial charge on any atom is -0.468 e. The molecule has 0 atom stereocenters. The molecule has 0 aliphatic heterocycles. The molecular weight excluding hydrogens is 232 g/mol. The van der Waals surface area contributed by atoms with Crippen LogP contribution in [-0.2, 0) is 9.53 Å². The Labute approximate surface area is 97.8 Å². The van der Waals surface area contributed by atoms with E-state index < -0.39 is 0 Å². The fourth-order valence-electron chi connectivity index (χ4n) is 0.791. The van der Waals surface area contributed by atoms with Crippen LogP contribution in [0.5, 0.6) is 5.75 Å². The molecule has 0 fully saturated rings. The number of esters is 1. The van der Waals surface area contributed by atoms with Crippen molar-refractivity contribution in [1.82, 2.24) is 0 Å². The molecule has 0 aliphatic rings. The van der Waals surface area contributed by atoms with Crippen LogP contribution in [0.2, 0.25) is 0 Å². The second kappa shape index (κ2) is 6.42. The van der Waals surface area contributed by atoms with Crippen molar-refractivity contribution >= 4 is 34.3 Å². The number of carbonyl (C=O) groups excluding carboxylic acids is 1. The maximum Gasteiger partial charge on any atom is 0.316 e. The van der Waals surface area contributed by atoms with Gasteiger partial charge >= 0.3 is 5.97 Å². The van der Waals surface area contributed by atoms with Crippen molar-refractivity contribution in [3.05, 3.63) is 30.3 Å². The van der Waals surface area contributed by atoms with Crippen molar-refractivity contribution in [3.63, 3.8) is 0 Å². The first-order valence-corrected chi connectivity index (χ1v) is 5.58. The number of rotatable bonds is 3. The molecule has 1 aromatic carbocycles. The van der Waals surface area contributed by atoms with Crippen LogP contribution in [-0.4, -0.2) is 23.2 Å².